The fraction of sp³-hybridized carbons (Fsp3) is 0.143. The lowest BCUT2D eigenvalue weighted by Crippen LogP contribution is -2.23. The smallest absolute Gasteiger partial charge is 0.409 e. The van der Waals surface area contributed by atoms with Gasteiger partial charge in [0.2, 0.25) is 0 Å². The average molecular weight is 278 g/mol. The molecule has 2 aromatic carbocycles. The zero-order valence-corrected chi connectivity index (χ0v) is 11.7. The number of benzene rings is 2. The Labute approximate surface area is 118 Å². The van der Waals surface area contributed by atoms with Crippen LogP contribution < -0.4 is 10.1 Å². The fourth-order valence-electron chi connectivity index (χ4n) is 1.57. The number of rotatable bonds is 3. The number of halogens is 2. The van der Waals surface area contributed by atoms with Crippen LogP contribution in [-0.2, 0) is 0 Å². The van der Waals surface area contributed by atoms with Crippen molar-refractivity contribution in [1.82, 2.24) is 0 Å². The summed E-state index contributed by atoms with van der Waals surface area (Å²) in [6.45, 7) is 3.99. The summed E-state index contributed by atoms with van der Waals surface area (Å²) in [4.78, 5) is 0. The molecule has 91 valence electrons. The summed E-state index contributed by atoms with van der Waals surface area (Å²) < 4.78 is 5.67. The second-order valence-electron chi connectivity index (χ2n) is 4.15. The van der Waals surface area contributed by atoms with Crippen LogP contribution in [-0.4, -0.2) is 7.48 Å². The third kappa shape index (κ3) is 3.21. The lowest BCUT2D eigenvalue weighted by atomic mass is 9.84. The molecule has 0 spiro atoms. The molecule has 1 radical (unpaired) electrons. The predicted octanol–water partition coefficient (Wildman–Crippen LogP) is 3.93. The van der Waals surface area contributed by atoms with E-state index in [0.717, 1.165) is 22.3 Å². The Morgan fingerprint density at radius 1 is 0.889 bits per heavy atom. The molecular formula is C14H12BCl2O. The Balaban J connectivity index is 2.16. The van der Waals surface area contributed by atoms with Gasteiger partial charge >= 0.3 is 7.48 Å². The van der Waals surface area contributed by atoms with Crippen LogP contribution in [0.5, 0.6) is 5.75 Å². The first-order valence-electron chi connectivity index (χ1n) is 5.58. The van der Waals surface area contributed by atoms with Crippen molar-refractivity contribution in [2.24, 2.45) is 0 Å². The van der Waals surface area contributed by atoms with Gasteiger partial charge in [0.1, 0.15) is 5.75 Å². The third-order valence-electron chi connectivity index (χ3n) is 2.70. The van der Waals surface area contributed by atoms with E-state index in [1.165, 1.54) is 0 Å². The van der Waals surface area contributed by atoms with Gasteiger partial charge in [0, 0.05) is 10.0 Å². The van der Waals surface area contributed by atoms with Crippen molar-refractivity contribution in [1.29, 1.82) is 0 Å². The molecule has 0 unspecified atom stereocenters. The van der Waals surface area contributed by atoms with Crippen molar-refractivity contribution < 1.29 is 4.65 Å². The van der Waals surface area contributed by atoms with E-state index in [1.54, 1.807) is 13.5 Å². The highest BCUT2D eigenvalue weighted by molar-refractivity contribution is 6.49. The van der Waals surface area contributed by atoms with Gasteiger partial charge < -0.3 is 4.65 Å². The van der Waals surface area contributed by atoms with Crippen molar-refractivity contribution in [3.8, 4) is 5.75 Å². The fourth-order valence-corrected chi connectivity index (χ4v) is 1.91. The van der Waals surface area contributed by atoms with Gasteiger partial charge in [-0.15, -0.1) is 0 Å². The second kappa shape index (κ2) is 5.68. The maximum absolute atomic E-state index is 5.96. The van der Waals surface area contributed by atoms with Crippen molar-refractivity contribution in [3.63, 3.8) is 0 Å². The molecule has 4 heteroatoms. The highest BCUT2D eigenvalue weighted by Gasteiger charge is 2.07. The van der Waals surface area contributed by atoms with Crippen LogP contribution in [0.2, 0.25) is 10.0 Å². The Bertz CT molecular complexity index is 518. The number of hydrogen-bond acceptors (Lipinski definition) is 1. The summed E-state index contributed by atoms with van der Waals surface area (Å²) in [6, 6.07) is 11.3. The molecule has 0 amide bonds. The zero-order valence-electron chi connectivity index (χ0n) is 10.2. The Morgan fingerprint density at radius 3 is 2.22 bits per heavy atom. The SMILES string of the molecule is Cc1ccc(Cl)cc1[B]Oc1cc(Cl)ccc1C. The Kier molecular flexibility index (Phi) is 4.21. The molecule has 2 aromatic rings. The minimum atomic E-state index is 0.659. The van der Waals surface area contributed by atoms with Gasteiger partial charge in [-0.05, 0) is 49.1 Å². The largest absolute Gasteiger partial charge is 0.557 e. The first-order chi connectivity index (χ1) is 8.56. The van der Waals surface area contributed by atoms with Gasteiger partial charge in [-0.2, -0.15) is 0 Å². The van der Waals surface area contributed by atoms with E-state index in [0.29, 0.717) is 10.0 Å². The summed E-state index contributed by atoms with van der Waals surface area (Å²) >= 11 is 11.9. The van der Waals surface area contributed by atoms with Gasteiger partial charge in [-0.1, -0.05) is 40.9 Å². The summed E-state index contributed by atoms with van der Waals surface area (Å²) in [6.07, 6.45) is 0. The molecule has 0 aliphatic carbocycles. The lowest BCUT2D eigenvalue weighted by molar-refractivity contribution is 0.599. The van der Waals surface area contributed by atoms with E-state index in [2.05, 4.69) is 0 Å². The molecule has 0 aromatic heterocycles. The topological polar surface area (TPSA) is 9.23 Å². The van der Waals surface area contributed by atoms with E-state index >= 15 is 0 Å². The minimum Gasteiger partial charge on any atom is -0.557 e. The monoisotopic (exact) mass is 277 g/mol. The van der Waals surface area contributed by atoms with Crippen LogP contribution in [0.1, 0.15) is 11.1 Å². The summed E-state index contributed by atoms with van der Waals surface area (Å²) in [5.41, 5.74) is 3.11. The van der Waals surface area contributed by atoms with Crippen molar-refractivity contribution >= 4 is 36.1 Å². The molecule has 0 fully saturated rings. The molecule has 0 saturated carbocycles. The maximum atomic E-state index is 5.96. The molecule has 0 heterocycles. The standard InChI is InChI=1S/C14H12BCl2O/c1-9-3-5-11(16)7-13(9)15-18-14-8-12(17)6-4-10(14)2/h3-8H,1-2H3. The summed E-state index contributed by atoms with van der Waals surface area (Å²) in [7, 11) is 1.69. The first-order valence-corrected chi connectivity index (χ1v) is 6.34. The van der Waals surface area contributed by atoms with Crippen LogP contribution in [0.15, 0.2) is 36.4 Å². The van der Waals surface area contributed by atoms with Crippen molar-refractivity contribution in [3.05, 3.63) is 57.6 Å². The molecule has 0 N–H and O–H groups in total. The van der Waals surface area contributed by atoms with E-state index in [4.69, 9.17) is 27.9 Å². The molecular weight excluding hydrogens is 266 g/mol. The molecule has 18 heavy (non-hydrogen) atoms. The zero-order chi connectivity index (χ0) is 13.1. The second-order valence-corrected chi connectivity index (χ2v) is 5.02. The van der Waals surface area contributed by atoms with E-state index in [9.17, 15) is 0 Å². The van der Waals surface area contributed by atoms with Gasteiger partial charge in [-0.3, -0.25) is 0 Å². The van der Waals surface area contributed by atoms with Gasteiger partial charge in [0.15, 0.2) is 0 Å². The van der Waals surface area contributed by atoms with Crippen LogP contribution >= 0.6 is 23.2 Å². The Hall–Kier alpha value is -1.12. The molecule has 2 rings (SSSR count). The van der Waals surface area contributed by atoms with Crippen LogP contribution in [0.3, 0.4) is 0 Å². The maximum Gasteiger partial charge on any atom is 0.409 e. The summed E-state index contributed by atoms with van der Waals surface area (Å²) in [5, 5.41) is 1.35. The van der Waals surface area contributed by atoms with E-state index in [1.807, 2.05) is 44.2 Å². The lowest BCUT2D eigenvalue weighted by Gasteiger charge is -2.10. The molecule has 0 aliphatic rings. The first kappa shape index (κ1) is 13.3. The third-order valence-corrected chi connectivity index (χ3v) is 3.17. The quantitative estimate of drug-likeness (QED) is 0.773. The minimum absolute atomic E-state index is 0.659. The molecule has 0 atom stereocenters. The van der Waals surface area contributed by atoms with Crippen molar-refractivity contribution in [2.75, 3.05) is 0 Å². The molecule has 1 nitrogen and oxygen atoms in total. The van der Waals surface area contributed by atoms with E-state index < -0.39 is 0 Å². The summed E-state index contributed by atoms with van der Waals surface area (Å²) in [5.74, 6) is 0.752. The van der Waals surface area contributed by atoms with Crippen LogP contribution in [0, 0.1) is 13.8 Å². The molecule has 0 bridgehead atoms. The normalized spacial score (nSPS) is 10.2. The van der Waals surface area contributed by atoms with Crippen LogP contribution in [0.4, 0.5) is 0 Å². The van der Waals surface area contributed by atoms with Gasteiger partial charge in [-0.25, -0.2) is 0 Å². The number of hydrogen-bond donors (Lipinski definition) is 0. The highest BCUT2D eigenvalue weighted by Crippen LogP contribution is 2.22. The van der Waals surface area contributed by atoms with Gasteiger partial charge in [0.05, 0.1) is 0 Å². The number of aryl methyl sites for hydroxylation is 2. The van der Waals surface area contributed by atoms with Gasteiger partial charge in [0.25, 0.3) is 0 Å². The van der Waals surface area contributed by atoms with Crippen molar-refractivity contribution in [2.45, 2.75) is 13.8 Å². The van der Waals surface area contributed by atoms with E-state index in [-0.39, 0.29) is 0 Å². The Morgan fingerprint density at radius 2 is 1.50 bits per heavy atom. The average Bonchev–Trinajstić information content (AvgIpc) is 2.34. The predicted molar refractivity (Wildman–Crippen MR) is 78.4 cm³/mol. The highest BCUT2D eigenvalue weighted by atomic mass is 35.5. The molecule has 0 aliphatic heterocycles. The van der Waals surface area contributed by atoms with Crippen LogP contribution in [0.25, 0.3) is 0 Å². The molecule has 0 saturated heterocycles.